The molecule has 0 aliphatic carbocycles. The van der Waals surface area contributed by atoms with Crippen LogP contribution in [-0.4, -0.2) is 83.3 Å². The number of rotatable bonds is 6. The van der Waals surface area contributed by atoms with Gasteiger partial charge in [0, 0.05) is 19.6 Å². The molecule has 2 saturated heterocycles. The molecule has 2 amide bonds. The monoisotopic (exact) mass is 446 g/mol. The zero-order chi connectivity index (χ0) is 22.7. The van der Waals surface area contributed by atoms with Crippen LogP contribution in [0.1, 0.15) is 45.4 Å². The number of fused-ring (bicyclic) bond motifs is 2. The van der Waals surface area contributed by atoms with Crippen LogP contribution < -0.4 is 0 Å². The zero-order valence-corrected chi connectivity index (χ0v) is 18.8. The number of hydrogen-bond acceptors (Lipinski definition) is 6. The molecule has 8 nitrogen and oxygen atoms in total. The summed E-state index contributed by atoms with van der Waals surface area (Å²) in [6, 6.07) is -0.897. The first kappa shape index (κ1) is 23.0. The van der Waals surface area contributed by atoms with Crippen LogP contribution in [0.25, 0.3) is 0 Å². The summed E-state index contributed by atoms with van der Waals surface area (Å²) in [5, 5.41) is 9.65. The molecule has 0 saturated carbocycles. The Balaban J connectivity index is 1.73. The molecule has 4 aliphatic heterocycles. The summed E-state index contributed by atoms with van der Waals surface area (Å²) in [7, 11) is 0. The van der Waals surface area contributed by atoms with Crippen molar-refractivity contribution in [2.45, 2.75) is 63.2 Å². The minimum Gasteiger partial charge on any atom is -0.465 e. The molecule has 4 heterocycles. The highest BCUT2D eigenvalue weighted by atomic mass is 16.6. The van der Waals surface area contributed by atoms with Crippen molar-refractivity contribution in [1.29, 1.82) is 0 Å². The maximum Gasteiger partial charge on any atom is 0.312 e. The number of hydrogen-bond donors (Lipinski definition) is 1. The maximum atomic E-state index is 13.7. The van der Waals surface area contributed by atoms with Crippen LogP contribution in [0.4, 0.5) is 0 Å². The van der Waals surface area contributed by atoms with Gasteiger partial charge in [-0.3, -0.25) is 14.4 Å². The molecule has 0 aromatic heterocycles. The molecule has 1 unspecified atom stereocenters. The Hall–Kier alpha value is -2.19. The Morgan fingerprint density at radius 3 is 2.75 bits per heavy atom. The standard InChI is InChI=1S/C24H34N2O6/c1-2-3-7-12-25-13-9-11-24-19(21(28)26(14-15-27)20(24)22(25)29)18-17(32-24)10-6-4-5-8-16-31-23(18)30/h6,9-11,17-20,27H,2-5,7-8,12-16H2,1H3/b10-6-/t17-,18+,19+,20?,24+/m1/s1. The highest BCUT2D eigenvalue weighted by molar-refractivity contribution is 5.99. The number of ether oxygens (including phenoxy) is 2. The van der Waals surface area contributed by atoms with Crippen molar-refractivity contribution >= 4 is 17.8 Å². The highest BCUT2D eigenvalue weighted by Gasteiger charge is 2.71. The molecule has 32 heavy (non-hydrogen) atoms. The van der Waals surface area contributed by atoms with Crippen molar-refractivity contribution in [3.05, 3.63) is 24.3 Å². The predicted octanol–water partition coefficient (Wildman–Crippen LogP) is 1.43. The van der Waals surface area contributed by atoms with Gasteiger partial charge in [0.15, 0.2) is 0 Å². The van der Waals surface area contributed by atoms with Gasteiger partial charge in [0.05, 0.1) is 25.2 Å². The second-order valence-electron chi connectivity index (χ2n) is 9.08. The largest absolute Gasteiger partial charge is 0.465 e. The Labute approximate surface area is 189 Å². The maximum absolute atomic E-state index is 13.7. The summed E-state index contributed by atoms with van der Waals surface area (Å²) < 4.78 is 12.0. The number of β-amino-alcohol motifs (C(OH)–C–C–N with tert-alkyl or cyclic N) is 1. The third-order valence-electron chi connectivity index (χ3n) is 7.06. The summed E-state index contributed by atoms with van der Waals surface area (Å²) in [5.41, 5.74) is -1.24. The molecule has 1 spiro atoms. The zero-order valence-electron chi connectivity index (χ0n) is 18.8. The van der Waals surface area contributed by atoms with E-state index in [1.54, 1.807) is 4.90 Å². The second kappa shape index (κ2) is 9.75. The first-order chi connectivity index (χ1) is 15.5. The Morgan fingerprint density at radius 1 is 1.12 bits per heavy atom. The van der Waals surface area contributed by atoms with Crippen molar-refractivity contribution in [3.63, 3.8) is 0 Å². The van der Waals surface area contributed by atoms with Crippen LogP contribution in [0.2, 0.25) is 0 Å². The van der Waals surface area contributed by atoms with Crippen LogP contribution in [0.15, 0.2) is 24.3 Å². The molecule has 176 valence electrons. The van der Waals surface area contributed by atoms with Crippen molar-refractivity contribution in [2.75, 3.05) is 32.8 Å². The van der Waals surface area contributed by atoms with Gasteiger partial charge in [-0.25, -0.2) is 0 Å². The number of likely N-dealkylation sites (tertiary alicyclic amines) is 1. The Kier molecular flexibility index (Phi) is 7.00. The van der Waals surface area contributed by atoms with Crippen molar-refractivity contribution in [1.82, 2.24) is 9.80 Å². The van der Waals surface area contributed by atoms with E-state index in [-0.39, 0.29) is 25.0 Å². The van der Waals surface area contributed by atoms with E-state index < -0.39 is 35.6 Å². The SMILES string of the molecule is CCCCCN1CC=C[C@]23O[C@@H]4/C=C\CCCCOC(=O)[C@@H]4[C@H]2C(=O)N(CCO)C3C1=O. The molecule has 0 bridgehead atoms. The third-order valence-corrected chi connectivity index (χ3v) is 7.06. The van der Waals surface area contributed by atoms with Gasteiger partial charge in [0.2, 0.25) is 11.8 Å². The Morgan fingerprint density at radius 2 is 1.97 bits per heavy atom. The van der Waals surface area contributed by atoms with E-state index in [1.165, 1.54) is 4.90 Å². The number of amides is 2. The van der Waals surface area contributed by atoms with Gasteiger partial charge in [-0.15, -0.1) is 0 Å². The number of nitrogens with zero attached hydrogens (tertiary/aromatic N) is 2. The lowest BCUT2D eigenvalue weighted by atomic mass is 9.78. The fourth-order valence-electron chi connectivity index (χ4n) is 5.56. The lowest BCUT2D eigenvalue weighted by Crippen LogP contribution is -2.55. The van der Waals surface area contributed by atoms with Gasteiger partial charge in [0.25, 0.3) is 0 Å². The molecular weight excluding hydrogens is 412 g/mol. The molecule has 1 N–H and O–H groups in total. The number of carbonyl (C=O) groups excluding carboxylic acids is 3. The van der Waals surface area contributed by atoms with E-state index in [4.69, 9.17) is 9.47 Å². The van der Waals surface area contributed by atoms with Gasteiger partial charge < -0.3 is 24.4 Å². The molecule has 5 atom stereocenters. The third kappa shape index (κ3) is 3.88. The van der Waals surface area contributed by atoms with E-state index in [2.05, 4.69) is 6.92 Å². The first-order valence-electron chi connectivity index (χ1n) is 11.9. The molecule has 0 radical (unpaired) electrons. The summed E-state index contributed by atoms with van der Waals surface area (Å²) >= 11 is 0. The molecular formula is C24H34N2O6. The first-order valence-corrected chi connectivity index (χ1v) is 11.9. The summed E-state index contributed by atoms with van der Waals surface area (Å²) in [4.78, 5) is 43.6. The number of allylic oxidation sites excluding steroid dienone is 1. The normalized spacial score (nSPS) is 35.8. The van der Waals surface area contributed by atoms with Gasteiger partial charge in [-0.05, 0) is 25.7 Å². The summed E-state index contributed by atoms with van der Waals surface area (Å²) in [6.07, 6.45) is 12.4. The number of aliphatic hydroxyl groups is 1. The number of esters is 1. The van der Waals surface area contributed by atoms with E-state index in [1.807, 2.05) is 24.3 Å². The molecule has 8 heteroatoms. The van der Waals surface area contributed by atoms with E-state index in [9.17, 15) is 19.5 Å². The van der Waals surface area contributed by atoms with Gasteiger partial charge in [-0.2, -0.15) is 0 Å². The lowest BCUT2D eigenvalue weighted by molar-refractivity contribution is -0.155. The molecule has 0 aromatic carbocycles. The number of cyclic esters (lactones) is 1. The number of aliphatic hydroxyl groups excluding tert-OH is 1. The van der Waals surface area contributed by atoms with E-state index >= 15 is 0 Å². The van der Waals surface area contributed by atoms with Crippen molar-refractivity contribution in [3.8, 4) is 0 Å². The van der Waals surface area contributed by atoms with Crippen LogP contribution >= 0.6 is 0 Å². The smallest absolute Gasteiger partial charge is 0.312 e. The number of unbranched alkanes of at least 4 members (excludes halogenated alkanes) is 2. The second-order valence-corrected chi connectivity index (χ2v) is 9.08. The average molecular weight is 447 g/mol. The van der Waals surface area contributed by atoms with Crippen LogP contribution in [-0.2, 0) is 23.9 Å². The van der Waals surface area contributed by atoms with E-state index in [0.29, 0.717) is 19.7 Å². The van der Waals surface area contributed by atoms with Gasteiger partial charge in [-0.1, -0.05) is 44.1 Å². The predicted molar refractivity (Wildman–Crippen MR) is 116 cm³/mol. The fraction of sp³-hybridized carbons (Fsp3) is 0.708. The molecule has 4 aliphatic rings. The van der Waals surface area contributed by atoms with Crippen LogP contribution in [0, 0.1) is 11.8 Å². The summed E-state index contributed by atoms with van der Waals surface area (Å²) in [5.74, 6) is -2.63. The van der Waals surface area contributed by atoms with Crippen molar-refractivity contribution in [2.24, 2.45) is 11.8 Å². The molecule has 0 aromatic rings. The van der Waals surface area contributed by atoms with Crippen molar-refractivity contribution < 1.29 is 29.0 Å². The van der Waals surface area contributed by atoms with Gasteiger partial charge in [0.1, 0.15) is 17.6 Å². The van der Waals surface area contributed by atoms with Crippen LogP contribution in [0.3, 0.4) is 0 Å². The number of carbonyl (C=O) groups is 3. The van der Waals surface area contributed by atoms with E-state index in [0.717, 1.165) is 38.5 Å². The topological polar surface area (TPSA) is 96.4 Å². The average Bonchev–Trinajstić information content (AvgIpc) is 3.16. The lowest BCUT2D eigenvalue weighted by Gasteiger charge is -2.35. The molecule has 4 rings (SSSR count). The minimum atomic E-state index is -1.24. The van der Waals surface area contributed by atoms with Gasteiger partial charge >= 0.3 is 5.97 Å². The molecule has 2 fully saturated rings. The summed E-state index contributed by atoms with van der Waals surface area (Å²) in [6.45, 7) is 3.22. The highest BCUT2D eigenvalue weighted by Crippen LogP contribution is 2.52. The fourth-order valence-corrected chi connectivity index (χ4v) is 5.56. The Bertz CT molecular complexity index is 795. The quantitative estimate of drug-likeness (QED) is 0.377. The minimum absolute atomic E-state index is 0.0236. The van der Waals surface area contributed by atoms with Crippen LogP contribution in [0.5, 0.6) is 0 Å².